The molecule has 1 heterocycles. The van der Waals surface area contributed by atoms with Gasteiger partial charge < -0.3 is 19.8 Å². The zero-order valence-corrected chi connectivity index (χ0v) is 6.59. The van der Waals surface area contributed by atoms with Crippen LogP contribution in [-0.2, 0) is 11.3 Å². The van der Waals surface area contributed by atoms with Crippen molar-refractivity contribution in [3.63, 3.8) is 0 Å². The zero-order chi connectivity index (χ0) is 9.84. The van der Waals surface area contributed by atoms with E-state index >= 15 is 0 Å². The second-order valence-corrected chi connectivity index (χ2v) is 1.90. The Bertz CT molecular complexity index is 308. The lowest BCUT2D eigenvalue weighted by atomic mass is 10.5. The number of ether oxygens (including phenoxy) is 2. The van der Waals surface area contributed by atoms with E-state index in [2.05, 4.69) is 19.3 Å². The average Bonchev–Trinajstić information content (AvgIpc) is 2.48. The number of aromatic nitrogens is 2. The number of carbonyl (C=O) groups excluding carboxylic acids is 1. The summed E-state index contributed by atoms with van der Waals surface area (Å²) < 4.78 is 12.5. The number of hydrogen-bond donors (Lipinski definition) is 1. The first-order valence-corrected chi connectivity index (χ1v) is 3.14. The van der Waals surface area contributed by atoms with Crippen molar-refractivity contribution in [2.45, 2.75) is 6.61 Å². The van der Waals surface area contributed by atoms with Gasteiger partial charge in [0.1, 0.15) is 6.61 Å². The molecule has 0 aliphatic carbocycles. The summed E-state index contributed by atoms with van der Waals surface area (Å²) in [4.78, 5) is 10.4. The van der Waals surface area contributed by atoms with Crippen LogP contribution in [0.2, 0.25) is 0 Å². The van der Waals surface area contributed by atoms with E-state index < -0.39 is 18.6 Å². The van der Waals surface area contributed by atoms with Crippen LogP contribution in [0.15, 0.2) is 4.63 Å². The lowest BCUT2D eigenvalue weighted by molar-refractivity contribution is -0.804. The van der Waals surface area contributed by atoms with Crippen LogP contribution in [0.3, 0.4) is 0 Å². The number of aliphatic hydroxyl groups excluding tert-OH is 1. The predicted octanol–water partition coefficient (Wildman–Crippen LogP) is -1.05. The number of nitrogens with zero attached hydrogens (tertiary/aromatic N) is 2. The fourth-order valence-electron chi connectivity index (χ4n) is 0.581. The molecule has 0 unspecified atom stereocenters. The maximum absolute atomic E-state index is 10.7. The van der Waals surface area contributed by atoms with Gasteiger partial charge in [-0.25, -0.2) is 4.79 Å². The Morgan fingerprint density at radius 3 is 3.08 bits per heavy atom. The third-order valence-electron chi connectivity index (χ3n) is 1.13. The molecular formula is C5H6N2O6. The smallest absolute Gasteiger partial charge is 0.437 e. The molecule has 72 valence electrons. The van der Waals surface area contributed by atoms with Crippen LogP contribution < -0.4 is 9.64 Å². The minimum atomic E-state index is -1.09. The fourth-order valence-corrected chi connectivity index (χ4v) is 0.581. The van der Waals surface area contributed by atoms with Crippen molar-refractivity contribution in [3.05, 3.63) is 10.9 Å². The SMILES string of the molecule is COC(=O)Oc1c(CO)no[n+]1[O-]. The van der Waals surface area contributed by atoms with E-state index in [-0.39, 0.29) is 10.6 Å². The monoisotopic (exact) mass is 190 g/mol. The van der Waals surface area contributed by atoms with Crippen LogP contribution >= 0.6 is 0 Å². The predicted molar refractivity (Wildman–Crippen MR) is 34.4 cm³/mol. The summed E-state index contributed by atoms with van der Waals surface area (Å²) in [5, 5.41) is 22.4. The molecule has 1 N–H and O–H groups in total. The van der Waals surface area contributed by atoms with E-state index in [9.17, 15) is 10.0 Å². The molecule has 0 bridgehead atoms. The summed E-state index contributed by atoms with van der Waals surface area (Å²) in [6.07, 6.45) is -1.09. The number of hydrogen-bond acceptors (Lipinski definition) is 7. The van der Waals surface area contributed by atoms with Gasteiger partial charge >= 0.3 is 12.0 Å². The van der Waals surface area contributed by atoms with Gasteiger partial charge in [0, 0.05) is 5.16 Å². The van der Waals surface area contributed by atoms with Crippen molar-refractivity contribution in [1.82, 2.24) is 5.16 Å². The highest BCUT2D eigenvalue weighted by Crippen LogP contribution is 2.10. The minimum absolute atomic E-state index is 0.150. The first kappa shape index (κ1) is 9.26. The zero-order valence-electron chi connectivity index (χ0n) is 6.59. The number of rotatable bonds is 2. The van der Waals surface area contributed by atoms with Gasteiger partial charge in [0.15, 0.2) is 0 Å². The van der Waals surface area contributed by atoms with Gasteiger partial charge in [-0.05, 0) is 4.90 Å². The van der Waals surface area contributed by atoms with Gasteiger partial charge in [-0.3, -0.25) is 4.63 Å². The normalized spacial score (nSPS) is 9.69. The molecule has 1 rings (SSSR count). The summed E-state index contributed by atoms with van der Waals surface area (Å²) in [5.74, 6) is -0.533. The first-order valence-electron chi connectivity index (χ1n) is 3.14. The van der Waals surface area contributed by atoms with Crippen molar-refractivity contribution in [1.29, 1.82) is 0 Å². The molecule has 0 aromatic carbocycles. The number of methoxy groups -OCH3 is 1. The van der Waals surface area contributed by atoms with E-state index in [0.717, 1.165) is 7.11 Å². The van der Waals surface area contributed by atoms with Gasteiger partial charge in [-0.15, -0.1) is 0 Å². The Morgan fingerprint density at radius 2 is 2.54 bits per heavy atom. The topological polar surface area (TPSA) is 109 Å². The van der Waals surface area contributed by atoms with Gasteiger partial charge in [-0.1, -0.05) is 0 Å². The maximum atomic E-state index is 10.7. The van der Waals surface area contributed by atoms with Crippen molar-refractivity contribution in [2.24, 2.45) is 0 Å². The number of aliphatic hydroxyl groups is 1. The van der Waals surface area contributed by atoms with Gasteiger partial charge in [0.25, 0.3) is 5.69 Å². The van der Waals surface area contributed by atoms with E-state index in [1.54, 1.807) is 0 Å². The molecule has 0 saturated heterocycles. The first-order chi connectivity index (χ1) is 6.19. The fraction of sp³-hybridized carbons (Fsp3) is 0.400. The van der Waals surface area contributed by atoms with Crippen LogP contribution in [0.5, 0.6) is 5.88 Å². The van der Waals surface area contributed by atoms with Crippen molar-refractivity contribution in [3.8, 4) is 5.88 Å². The molecule has 8 nitrogen and oxygen atoms in total. The molecule has 0 amide bonds. The Labute approximate surface area is 71.8 Å². The molecule has 1 aromatic heterocycles. The summed E-state index contributed by atoms with van der Waals surface area (Å²) in [5.41, 5.74) is -0.180. The summed E-state index contributed by atoms with van der Waals surface area (Å²) in [6, 6.07) is 0. The third kappa shape index (κ3) is 1.85. The van der Waals surface area contributed by atoms with Crippen molar-refractivity contribution >= 4 is 6.16 Å². The highest BCUT2D eigenvalue weighted by Gasteiger charge is 2.23. The van der Waals surface area contributed by atoms with Gasteiger partial charge in [0.2, 0.25) is 0 Å². The molecule has 0 saturated carbocycles. The van der Waals surface area contributed by atoms with E-state index in [0.29, 0.717) is 0 Å². The van der Waals surface area contributed by atoms with Crippen LogP contribution in [0.4, 0.5) is 4.79 Å². The maximum Gasteiger partial charge on any atom is 0.516 e. The number of carbonyl (C=O) groups is 1. The third-order valence-corrected chi connectivity index (χ3v) is 1.13. The van der Waals surface area contributed by atoms with Crippen LogP contribution in [0.1, 0.15) is 5.69 Å². The summed E-state index contributed by atoms with van der Waals surface area (Å²) >= 11 is 0. The Balaban J connectivity index is 2.85. The Morgan fingerprint density at radius 1 is 1.85 bits per heavy atom. The molecule has 0 fully saturated rings. The molecule has 8 heteroatoms. The summed E-state index contributed by atoms with van der Waals surface area (Å²) in [6.45, 7) is -0.578. The lowest BCUT2D eigenvalue weighted by Gasteiger charge is -1.97. The average molecular weight is 190 g/mol. The quantitative estimate of drug-likeness (QED) is 0.467. The largest absolute Gasteiger partial charge is 0.516 e. The van der Waals surface area contributed by atoms with E-state index in [1.165, 1.54) is 0 Å². The standard InChI is InChI=1S/C5H6N2O6/c1-11-5(9)12-4-3(2-8)6-13-7(4)10/h8H,2H2,1H3. The van der Waals surface area contributed by atoms with Gasteiger partial charge in [0.05, 0.1) is 7.11 Å². The molecule has 0 aliphatic rings. The Kier molecular flexibility index (Phi) is 2.65. The summed E-state index contributed by atoms with van der Waals surface area (Å²) in [7, 11) is 1.07. The molecule has 0 atom stereocenters. The molecule has 0 aliphatic heterocycles. The molecular weight excluding hydrogens is 184 g/mol. The molecule has 0 spiro atoms. The van der Waals surface area contributed by atoms with Gasteiger partial charge in [-0.2, -0.15) is 0 Å². The van der Waals surface area contributed by atoms with Crippen LogP contribution in [0, 0.1) is 5.21 Å². The lowest BCUT2D eigenvalue weighted by Crippen LogP contribution is -2.27. The molecule has 0 radical (unpaired) electrons. The highest BCUT2D eigenvalue weighted by atomic mass is 16.8. The minimum Gasteiger partial charge on any atom is -0.437 e. The Hall–Kier alpha value is -1.83. The van der Waals surface area contributed by atoms with Crippen molar-refractivity contribution in [2.75, 3.05) is 7.11 Å². The van der Waals surface area contributed by atoms with Crippen LogP contribution in [-0.4, -0.2) is 23.5 Å². The molecule has 1 aromatic rings. The van der Waals surface area contributed by atoms with Crippen LogP contribution in [0.25, 0.3) is 0 Å². The van der Waals surface area contributed by atoms with E-state index in [4.69, 9.17) is 5.11 Å². The second kappa shape index (κ2) is 3.72. The van der Waals surface area contributed by atoms with Crippen molar-refractivity contribution < 1.29 is 28.9 Å². The van der Waals surface area contributed by atoms with E-state index in [1.807, 2.05) is 0 Å². The highest BCUT2D eigenvalue weighted by molar-refractivity contribution is 5.62. The second-order valence-electron chi connectivity index (χ2n) is 1.90. The molecule has 13 heavy (non-hydrogen) atoms.